The van der Waals surface area contributed by atoms with Gasteiger partial charge in [-0.2, -0.15) is 0 Å². The van der Waals surface area contributed by atoms with E-state index >= 15 is 0 Å². The van der Waals surface area contributed by atoms with Gasteiger partial charge < -0.3 is 9.84 Å². The Morgan fingerprint density at radius 1 is 1.09 bits per heavy atom. The zero-order chi connectivity index (χ0) is 16.2. The van der Waals surface area contributed by atoms with Crippen LogP contribution in [-0.2, 0) is 16.8 Å². The molecule has 4 heteroatoms. The zero-order valence-corrected chi connectivity index (χ0v) is 16.2. The van der Waals surface area contributed by atoms with Crippen molar-refractivity contribution in [2.45, 2.75) is 32.8 Å². The molecule has 0 heterocycles. The third kappa shape index (κ3) is 5.23. The number of para-hydroxylation sites is 1. The summed E-state index contributed by atoms with van der Waals surface area (Å²) in [5.41, 5.74) is 0.431. The predicted octanol–water partition coefficient (Wildman–Crippen LogP) is 3.88. The molecule has 1 atom stereocenters. The molecule has 0 fully saturated rings. The molecule has 2 aromatic carbocycles. The van der Waals surface area contributed by atoms with Gasteiger partial charge in [0.05, 0.1) is 0 Å². The Hall–Kier alpha value is -1.03. The minimum atomic E-state index is -1.41. The molecule has 0 saturated heterocycles. The molecule has 2 radical (unpaired) electrons. The molecule has 0 aliphatic rings. The van der Waals surface area contributed by atoms with Gasteiger partial charge in [-0.05, 0) is 37.0 Å². The number of hydrogen-bond acceptors (Lipinski definition) is 2. The predicted molar refractivity (Wildman–Crippen MR) is 92.8 cm³/mol. The number of hydrogen-bond donors (Lipinski definition) is 1. The summed E-state index contributed by atoms with van der Waals surface area (Å²) in [4.78, 5) is 11.8. The summed E-state index contributed by atoms with van der Waals surface area (Å²) in [6.45, 7) is 5.90. The van der Waals surface area contributed by atoms with Crippen molar-refractivity contribution in [1.29, 1.82) is 0 Å². The maximum atomic E-state index is 11.8. The summed E-state index contributed by atoms with van der Waals surface area (Å²) >= 11 is 0. The first-order valence-corrected chi connectivity index (χ1v) is 7.48. The van der Waals surface area contributed by atoms with E-state index in [1.807, 2.05) is 42.5 Å². The molecule has 3 nitrogen and oxygen atoms in total. The van der Waals surface area contributed by atoms with Gasteiger partial charge in [-0.15, -0.1) is 0 Å². The molecule has 0 saturated carbocycles. The Labute approximate surface area is 167 Å². The standard InChI is InChI=1S/C19H22O3.Ca/c1-14(2)13-15-9-11-16(12-10-15)19(3,18(20)21)22-17-7-5-4-6-8-17;/h4-12,14H,13H2,1-3H3,(H,20,21);. The van der Waals surface area contributed by atoms with E-state index in [4.69, 9.17) is 4.74 Å². The van der Waals surface area contributed by atoms with E-state index in [0.717, 1.165) is 6.42 Å². The Balaban J connectivity index is 0.00000264. The van der Waals surface area contributed by atoms with Gasteiger partial charge in [-0.1, -0.05) is 56.3 Å². The Kier molecular flexibility index (Phi) is 7.59. The number of carboxylic acids is 1. The fraction of sp³-hybridized carbons (Fsp3) is 0.316. The van der Waals surface area contributed by atoms with Crippen molar-refractivity contribution in [2.24, 2.45) is 5.92 Å². The van der Waals surface area contributed by atoms with Gasteiger partial charge in [0.25, 0.3) is 0 Å². The molecule has 118 valence electrons. The number of carbonyl (C=O) groups is 1. The van der Waals surface area contributed by atoms with Crippen LogP contribution < -0.4 is 4.74 Å². The maximum Gasteiger partial charge on any atom is 0.352 e. The Bertz CT molecular complexity index is 623. The molecular weight excluding hydrogens is 316 g/mol. The molecule has 1 N–H and O–H groups in total. The second-order valence-corrected chi connectivity index (χ2v) is 6.05. The fourth-order valence-electron chi connectivity index (χ4n) is 2.38. The Morgan fingerprint density at radius 3 is 2.13 bits per heavy atom. The molecule has 0 amide bonds. The summed E-state index contributed by atoms with van der Waals surface area (Å²) in [6.07, 6.45) is 0.976. The average Bonchev–Trinajstić information content (AvgIpc) is 2.48. The van der Waals surface area contributed by atoms with Crippen LogP contribution in [0.15, 0.2) is 54.6 Å². The van der Waals surface area contributed by atoms with Crippen LogP contribution in [0, 0.1) is 5.92 Å². The van der Waals surface area contributed by atoms with Gasteiger partial charge >= 0.3 is 5.97 Å². The molecule has 0 bridgehead atoms. The monoisotopic (exact) mass is 338 g/mol. The van der Waals surface area contributed by atoms with Gasteiger partial charge in [0.1, 0.15) is 5.75 Å². The van der Waals surface area contributed by atoms with E-state index in [1.54, 1.807) is 19.1 Å². The maximum absolute atomic E-state index is 11.8. The zero-order valence-electron chi connectivity index (χ0n) is 14.0. The summed E-state index contributed by atoms with van der Waals surface area (Å²) in [6, 6.07) is 16.7. The smallest absolute Gasteiger partial charge is 0.352 e. The van der Waals surface area contributed by atoms with Crippen LogP contribution in [0.25, 0.3) is 0 Å². The van der Waals surface area contributed by atoms with Crippen molar-refractivity contribution in [2.75, 3.05) is 0 Å². The number of carboxylic acid groups (broad SMARTS) is 1. The number of aliphatic carboxylic acids is 1. The van der Waals surface area contributed by atoms with E-state index in [2.05, 4.69) is 13.8 Å². The van der Waals surface area contributed by atoms with Gasteiger partial charge in [0.2, 0.25) is 5.60 Å². The van der Waals surface area contributed by atoms with E-state index in [9.17, 15) is 9.90 Å². The van der Waals surface area contributed by atoms with Crippen LogP contribution in [0.4, 0.5) is 0 Å². The van der Waals surface area contributed by atoms with Gasteiger partial charge in [0, 0.05) is 43.3 Å². The van der Waals surface area contributed by atoms with E-state index in [-0.39, 0.29) is 37.7 Å². The molecule has 23 heavy (non-hydrogen) atoms. The normalized spacial score (nSPS) is 13.0. The van der Waals surface area contributed by atoms with E-state index < -0.39 is 11.6 Å². The quantitative estimate of drug-likeness (QED) is 0.813. The second kappa shape index (κ2) is 8.72. The van der Waals surface area contributed by atoms with Crippen LogP contribution in [0.1, 0.15) is 31.9 Å². The second-order valence-electron chi connectivity index (χ2n) is 6.05. The number of benzene rings is 2. The van der Waals surface area contributed by atoms with Gasteiger partial charge in [0.15, 0.2) is 0 Å². The van der Waals surface area contributed by atoms with Gasteiger partial charge in [-0.25, -0.2) is 4.79 Å². The van der Waals surface area contributed by atoms with Crippen molar-refractivity contribution < 1.29 is 14.6 Å². The summed E-state index contributed by atoms with van der Waals surface area (Å²) < 4.78 is 5.77. The number of ether oxygens (including phenoxy) is 1. The van der Waals surface area contributed by atoms with Crippen LogP contribution in [0.2, 0.25) is 0 Å². The molecule has 1 unspecified atom stereocenters. The third-order valence-corrected chi connectivity index (χ3v) is 3.62. The first kappa shape index (κ1) is 20.0. The molecule has 0 spiro atoms. The van der Waals surface area contributed by atoms with Crippen molar-refractivity contribution in [3.63, 3.8) is 0 Å². The van der Waals surface area contributed by atoms with Crippen LogP contribution >= 0.6 is 0 Å². The molecule has 0 aliphatic carbocycles. The van der Waals surface area contributed by atoms with Crippen molar-refractivity contribution >= 4 is 43.7 Å². The average molecular weight is 338 g/mol. The third-order valence-electron chi connectivity index (χ3n) is 3.62. The summed E-state index contributed by atoms with van der Waals surface area (Å²) in [5, 5.41) is 9.64. The van der Waals surface area contributed by atoms with Crippen molar-refractivity contribution in [1.82, 2.24) is 0 Å². The summed E-state index contributed by atoms with van der Waals surface area (Å²) in [7, 11) is 0. The largest absolute Gasteiger partial charge is 0.478 e. The van der Waals surface area contributed by atoms with Gasteiger partial charge in [-0.3, -0.25) is 0 Å². The molecule has 0 aliphatic heterocycles. The Morgan fingerprint density at radius 2 is 1.65 bits per heavy atom. The molecule has 2 aromatic rings. The molecular formula is C19H22CaO3. The molecule has 2 rings (SSSR count). The van der Waals surface area contributed by atoms with Crippen LogP contribution in [-0.4, -0.2) is 48.8 Å². The van der Waals surface area contributed by atoms with Crippen molar-refractivity contribution in [3.8, 4) is 5.75 Å². The minimum absolute atomic E-state index is 0. The van der Waals surface area contributed by atoms with Crippen LogP contribution in [0.5, 0.6) is 5.75 Å². The SMILES string of the molecule is CC(C)Cc1ccc(C(C)(Oc2ccccc2)C(=O)O)cc1.[Ca]. The van der Waals surface area contributed by atoms with Crippen molar-refractivity contribution in [3.05, 3.63) is 65.7 Å². The topological polar surface area (TPSA) is 46.5 Å². The van der Waals surface area contributed by atoms with E-state index in [1.165, 1.54) is 5.56 Å². The first-order valence-electron chi connectivity index (χ1n) is 7.48. The minimum Gasteiger partial charge on any atom is -0.478 e. The van der Waals surface area contributed by atoms with Crippen LogP contribution in [0.3, 0.4) is 0 Å². The first-order chi connectivity index (χ1) is 10.4. The fourth-order valence-corrected chi connectivity index (χ4v) is 2.38. The number of rotatable bonds is 6. The molecule has 0 aromatic heterocycles. The summed E-state index contributed by atoms with van der Waals surface area (Å²) in [5.74, 6) is 0.101. The van der Waals surface area contributed by atoms with E-state index in [0.29, 0.717) is 17.2 Å².